The summed E-state index contributed by atoms with van der Waals surface area (Å²) in [4.78, 5) is 1.71. The molecule has 0 saturated carbocycles. The van der Waals surface area contributed by atoms with Crippen molar-refractivity contribution in [3.8, 4) is 0 Å². The monoisotopic (exact) mass is 264 g/mol. The van der Waals surface area contributed by atoms with E-state index in [-0.39, 0.29) is 5.69 Å². The second kappa shape index (κ2) is 4.74. The summed E-state index contributed by atoms with van der Waals surface area (Å²) in [6.07, 6.45) is -4.34. The molecule has 0 unspecified atom stereocenters. The Hall–Kier alpha value is -0.940. The maximum atomic E-state index is 12.8. The third kappa shape index (κ3) is 2.84. The van der Waals surface area contributed by atoms with Crippen LogP contribution in [0, 0.1) is 0 Å². The van der Waals surface area contributed by atoms with E-state index in [1.54, 1.807) is 4.90 Å². The van der Waals surface area contributed by atoms with Crippen molar-refractivity contribution in [1.29, 1.82) is 0 Å². The van der Waals surface area contributed by atoms with Crippen LogP contribution in [0.4, 0.5) is 18.9 Å². The largest absolute Gasteiger partial charge is 0.418 e. The zero-order valence-corrected chi connectivity index (χ0v) is 9.78. The van der Waals surface area contributed by atoms with Crippen molar-refractivity contribution in [2.24, 2.45) is 0 Å². The topological polar surface area (TPSA) is 15.3 Å². The average Bonchev–Trinajstić information content (AvgIpc) is 2.28. The maximum Gasteiger partial charge on any atom is 0.418 e. The molecular weight excluding hydrogens is 253 g/mol. The average molecular weight is 265 g/mol. The van der Waals surface area contributed by atoms with Crippen molar-refractivity contribution < 1.29 is 13.2 Å². The van der Waals surface area contributed by atoms with E-state index in [1.165, 1.54) is 12.1 Å². The number of benzene rings is 1. The molecule has 2 nitrogen and oxygen atoms in total. The van der Waals surface area contributed by atoms with Crippen LogP contribution in [-0.2, 0) is 6.18 Å². The minimum Gasteiger partial charge on any atom is -0.368 e. The summed E-state index contributed by atoms with van der Waals surface area (Å²) in [7, 11) is 0. The van der Waals surface area contributed by atoms with Gasteiger partial charge in [-0.1, -0.05) is 11.6 Å². The predicted octanol–water partition coefficient (Wildman–Crippen LogP) is 2.77. The Bertz CT molecular complexity index is 400. The van der Waals surface area contributed by atoms with Crippen molar-refractivity contribution in [3.05, 3.63) is 28.8 Å². The molecule has 1 N–H and O–H groups in total. The standard InChI is InChI=1S/C11H12ClF3N2/c12-8-1-2-9(11(13,14)15)10(7-8)17-5-3-16-4-6-17/h1-2,7,16H,3-6H2. The molecule has 0 amide bonds. The predicted molar refractivity (Wildman–Crippen MR) is 61.5 cm³/mol. The first-order chi connectivity index (χ1) is 7.98. The summed E-state index contributed by atoms with van der Waals surface area (Å²) >= 11 is 5.78. The van der Waals surface area contributed by atoms with Crippen LogP contribution in [0.2, 0.25) is 5.02 Å². The van der Waals surface area contributed by atoms with Crippen LogP contribution in [-0.4, -0.2) is 26.2 Å². The highest BCUT2D eigenvalue weighted by molar-refractivity contribution is 6.30. The summed E-state index contributed by atoms with van der Waals surface area (Å²) in [6.45, 7) is 2.49. The molecule has 94 valence electrons. The summed E-state index contributed by atoms with van der Waals surface area (Å²) in [5, 5.41) is 3.43. The van der Waals surface area contributed by atoms with Crippen LogP contribution in [0.15, 0.2) is 18.2 Å². The summed E-state index contributed by atoms with van der Waals surface area (Å²) < 4.78 is 38.5. The van der Waals surface area contributed by atoms with Gasteiger partial charge in [-0.3, -0.25) is 0 Å². The molecule has 1 aromatic carbocycles. The lowest BCUT2D eigenvalue weighted by Crippen LogP contribution is -2.44. The molecule has 1 saturated heterocycles. The smallest absolute Gasteiger partial charge is 0.368 e. The highest BCUT2D eigenvalue weighted by atomic mass is 35.5. The molecule has 1 aliphatic heterocycles. The van der Waals surface area contributed by atoms with Gasteiger partial charge in [0.25, 0.3) is 0 Å². The van der Waals surface area contributed by atoms with Gasteiger partial charge in [-0.05, 0) is 18.2 Å². The van der Waals surface area contributed by atoms with Crippen LogP contribution in [0.1, 0.15) is 5.56 Å². The van der Waals surface area contributed by atoms with E-state index in [1.807, 2.05) is 0 Å². The summed E-state index contributed by atoms with van der Waals surface area (Å²) in [5.74, 6) is 0. The Morgan fingerprint density at radius 1 is 1.18 bits per heavy atom. The lowest BCUT2D eigenvalue weighted by Gasteiger charge is -2.31. The molecular formula is C11H12ClF3N2. The van der Waals surface area contributed by atoms with E-state index in [2.05, 4.69) is 5.32 Å². The molecule has 0 aliphatic carbocycles. The van der Waals surface area contributed by atoms with Gasteiger partial charge >= 0.3 is 6.18 Å². The van der Waals surface area contributed by atoms with Crippen molar-refractivity contribution in [2.45, 2.75) is 6.18 Å². The number of halogens is 4. The minimum absolute atomic E-state index is 0.173. The fourth-order valence-corrected chi connectivity index (χ4v) is 2.08. The highest BCUT2D eigenvalue weighted by Gasteiger charge is 2.35. The first-order valence-electron chi connectivity index (χ1n) is 5.31. The van der Waals surface area contributed by atoms with Gasteiger partial charge in [0, 0.05) is 31.2 Å². The Labute approximate surface area is 102 Å². The van der Waals surface area contributed by atoms with Crippen LogP contribution in [0.25, 0.3) is 0 Å². The van der Waals surface area contributed by atoms with Gasteiger partial charge in [-0.2, -0.15) is 13.2 Å². The molecule has 1 aromatic rings. The van der Waals surface area contributed by atoms with E-state index in [4.69, 9.17) is 11.6 Å². The molecule has 1 fully saturated rings. The Morgan fingerprint density at radius 3 is 2.41 bits per heavy atom. The SMILES string of the molecule is FC(F)(F)c1ccc(Cl)cc1N1CCNCC1. The first-order valence-corrected chi connectivity index (χ1v) is 5.69. The zero-order valence-electron chi connectivity index (χ0n) is 9.02. The van der Waals surface area contributed by atoms with Crippen LogP contribution < -0.4 is 10.2 Å². The van der Waals surface area contributed by atoms with Gasteiger partial charge in [-0.25, -0.2) is 0 Å². The second-order valence-electron chi connectivity index (χ2n) is 3.90. The number of rotatable bonds is 1. The van der Waals surface area contributed by atoms with Crippen molar-refractivity contribution >= 4 is 17.3 Å². The lowest BCUT2D eigenvalue weighted by molar-refractivity contribution is -0.137. The molecule has 1 heterocycles. The first kappa shape index (κ1) is 12.5. The number of alkyl halides is 3. The third-order valence-corrected chi connectivity index (χ3v) is 2.96. The van der Waals surface area contributed by atoms with Crippen LogP contribution in [0.3, 0.4) is 0 Å². The van der Waals surface area contributed by atoms with Crippen molar-refractivity contribution in [3.63, 3.8) is 0 Å². The van der Waals surface area contributed by atoms with Gasteiger partial charge < -0.3 is 10.2 Å². The number of anilines is 1. The van der Waals surface area contributed by atoms with Crippen molar-refractivity contribution in [1.82, 2.24) is 5.32 Å². The van der Waals surface area contributed by atoms with E-state index >= 15 is 0 Å². The van der Waals surface area contributed by atoms with Crippen LogP contribution in [0.5, 0.6) is 0 Å². The van der Waals surface area contributed by atoms with Gasteiger partial charge in [0.1, 0.15) is 0 Å². The van der Waals surface area contributed by atoms with Gasteiger partial charge in [0.2, 0.25) is 0 Å². The van der Waals surface area contributed by atoms with Crippen LogP contribution >= 0.6 is 11.6 Å². The Balaban J connectivity index is 2.39. The fourth-order valence-electron chi connectivity index (χ4n) is 1.91. The normalized spacial score (nSPS) is 17.3. The molecule has 1 aliphatic rings. The summed E-state index contributed by atoms with van der Waals surface area (Å²) in [6, 6.07) is 3.70. The molecule has 0 spiro atoms. The van der Waals surface area contributed by atoms with E-state index < -0.39 is 11.7 Å². The number of hydrogen-bond acceptors (Lipinski definition) is 2. The Kier molecular flexibility index (Phi) is 3.49. The lowest BCUT2D eigenvalue weighted by atomic mass is 10.1. The highest BCUT2D eigenvalue weighted by Crippen LogP contribution is 2.38. The molecule has 6 heteroatoms. The third-order valence-electron chi connectivity index (χ3n) is 2.72. The van der Waals surface area contributed by atoms with E-state index in [0.717, 1.165) is 6.07 Å². The van der Waals surface area contributed by atoms with Crippen molar-refractivity contribution in [2.75, 3.05) is 31.1 Å². The molecule has 2 rings (SSSR count). The molecule has 0 aromatic heterocycles. The number of nitrogens with zero attached hydrogens (tertiary/aromatic N) is 1. The maximum absolute atomic E-state index is 12.8. The molecule has 0 bridgehead atoms. The zero-order chi connectivity index (χ0) is 12.5. The van der Waals surface area contributed by atoms with Gasteiger partial charge in [0.15, 0.2) is 0 Å². The molecule has 0 radical (unpaired) electrons. The number of hydrogen-bond donors (Lipinski definition) is 1. The fraction of sp³-hybridized carbons (Fsp3) is 0.455. The van der Waals surface area contributed by atoms with E-state index in [0.29, 0.717) is 31.2 Å². The van der Waals surface area contributed by atoms with Gasteiger partial charge in [0.05, 0.1) is 11.3 Å². The minimum atomic E-state index is -4.34. The summed E-state index contributed by atoms with van der Waals surface area (Å²) in [5.41, 5.74) is -0.449. The Morgan fingerprint density at radius 2 is 1.82 bits per heavy atom. The molecule has 0 atom stereocenters. The van der Waals surface area contributed by atoms with E-state index in [9.17, 15) is 13.2 Å². The quantitative estimate of drug-likeness (QED) is 0.839. The number of piperazine rings is 1. The second-order valence-corrected chi connectivity index (χ2v) is 4.33. The molecule has 17 heavy (non-hydrogen) atoms. The van der Waals surface area contributed by atoms with Gasteiger partial charge in [-0.15, -0.1) is 0 Å². The number of nitrogens with one attached hydrogen (secondary N) is 1.